The van der Waals surface area contributed by atoms with Gasteiger partial charge in [0.05, 0.1) is 6.10 Å². The van der Waals surface area contributed by atoms with Crippen molar-refractivity contribution in [3.8, 4) is 0 Å². The SMILES string of the molecule is CC(C)OC1=NNC(=O)C1=Cc1ccc(Cl)[nH]1. The van der Waals surface area contributed by atoms with E-state index in [-0.39, 0.29) is 12.0 Å². The number of H-pyrrole nitrogens is 1. The second kappa shape index (κ2) is 4.63. The third-order valence-corrected chi connectivity index (χ3v) is 2.27. The van der Waals surface area contributed by atoms with Gasteiger partial charge < -0.3 is 9.72 Å². The molecule has 90 valence electrons. The Hall–Kier alpha value is -1.75. The van der Waals surface area contributed by atoms with Crippen molar-refractivity contribution in [3.63, 3.8) is 0 Å². The summed E-state index contributed by atoms with van der Waals surface area (Å²) in [7, 11) is 0. The molecule has 1 aliphatic rings. The van der Waals surface area contributed by atoms with Crippen LogP contribution in [0.15, 0.2) is 22.8 Å². The lowest BCUT2D eigenvalue weighted by molar-refractivity contribution is -0.116. The fourth-order valence-corrected chi connectivity index (χ4v) is 1.56. The largest absolute Gasteiger partial charge is 0.473 e. The minimum atomic E-state index is -0.286. The summed E-state index contributed by atoms with van der Waals surface area (Å²) in [6.07, 6.45) is 1.60. The smallest absolute Gasteiger partial charge is 0.277 e. The molecule has 0 aliphatic carbocycles. The quantitative estimate of drug-likeness (QED) is 0.791. The van der Waals surface area contributed by atoms with Gasteiger partial charge in [-0.25, -0.2) is 5.43 Å². The zero-order valence-corrected chi connectivity index (χ0v) is 10.2. The predicted molar refractivity (Wildman–Crippen MR) is 65.6 cm³/mol. The monoisotopic (exact) mass is 253 g/mol. The molecule has 1 amide bonds. The number of nitrogens with zero attached hydrogens (tertiary/aromatic N) is 1. The number of nitrogens with one attached hydrogen (secondary N) is 2. The Morgan fingerprint density at radius 1 is 1.47 bits per heavy atom. The van der Waals surface area contributed by atoms with Crippen LogP contribution in [0.2, 0.25) is 5.15 Å². The second-order valence-electron chi connectivity index (χ2n) is 3.84. The average molecular weight is 254 g/mol. The Morgan fingerprint density at radius 2 is 2.24 bits per heavy atom. The molecule has 0 aromatic carbocycles. The molecule has 0 bridgehead atoms. The first-order chi connectivity index (χ1) is 8.06. The van der Waals surface area contributed by atoms with E-state index in [1.165, 1.54) is 0 Å². The number of rotatable bonds is 2. The van der Waals surface area contributed by atoms with Crippen LogP contribution in [0.25, 0.3) is 6.08 Å². The summed E-state index contributed by atoms with van der Waals surface area (Å²) in [4.78, 5) is 14.5. The zero-order valence-electron chi connectivity index (χ0n) is 9.45. The van der Waals surface area contributed by atoms with E-state index in [0.29, 0.717) is 16.6 Å². The number of aromatic amines is 1. The van der Waals surface area contributed by atoms with E-state index in [9.17, 15) is 4.79 Å². The third kappa shape index (κ3) is 2.68. The maximum Gasteiger partial charge on any atom is 0.277 e. The van der Waals surface area contributed by atoms with E-state index in [0.717, 1.165) is 5.69 Å². The summed E-state index contributed by atoms with van der Waals surface area (Å²) in [6, 6.07) is 3.48. The highest BCUT2D eigenvalue weighted by Gasteiger charge is 2.25. The van der Waals surface area contributed by atoms with Crippen molar-refractivity contribution in [1.82, 2.24) is 10.4 Å². The molecular weight excluding hydrogens is 242 g/mol. The van der Waals surface area contributed by atoms with Crippen LogP contribution < -0.4 is 5.43 Å². The summed E-state index contributed by atoms with van der Waals surface area (Å²) in [5, 5.41) is 4.33. The summed E-state index contributed by atoms with van der Waals surface area (Å²) in [5.74, 6) is 0.0158. The predicted octanol–water partition coefficient (Wildman–Crippen LogP) is 1.92. The van der Waals surface area contributed by atoms with Crippen molar-refractivity contribution >= 4 is 29.5 Å². The van der Waals surface area contributed by atoms with Gasteiger partial charge >= 0.3 is 0 Å². The van der Waals surface area contributed by atoms with Crippen LogP contribution in [0.5, 0.6) is 0 Å². The van der Waals surface area contributed by atoms with Crippen LogP contribution in [0, 0.1) is 0 Å². The lowest BCUT2D eigenvalue weighted by Gasteiger charge is -2.08. The van der Waals surface area contributed by atoms with Gasteiger partial charge in [0.2, 0.25) is 5.90 Å². The molecule has 0 saturated carbocycles. The van der Waals surface area contributed by atoms with Crippen LogP contribution in [-0.2, 0) is 9.53 Å². The van der Waals surface area contributed by atoms with Gasteiger partial charge in [0.1, 0.15) is 10.7 Å². The van der Waals surface area contributed by atoms with Crippen molar-refractivity contribution < 1.29 is 9.53 Å². The molecule has 0 saturated heterocycles. The van der Waals surface area contributed by atoms with Gasteiger partial charge in [-0.2, -0.15) is 0 Å². The second-order valence-corrected chi connectivity index (χ2v) is 4.25. The van der Waals surface area contributed by atoms with Gasteiger partial charge in [-0.1, -0.05) is 11.6 Å². The minimum absolute atomic E-state index is 0.0444. The van der Waals surface area contributed by atoms with E-state index in [1.54, 1.807) is 18.2 Å². The van der Waals surface area contributed by atoms with Crippen molar-refractivity contribution in [2.75, 3.05) is 0 Å². The number of hydrazone groups is 1. The fourth-order valence-electron chi connectivity index (χ4n) is 1.38. The molecule has 6 heteroatoms. The van der Waals surface area contributed by atoms with E-state index in [1.807, 2.05) is 13.8 Å². The molecule has 1 aliphatic heterocycles. The van der Waals surface area contributed by atoms with Crippen molar-refractivity contribution in [2.24, 2.45) is 5.10 Å². The molecular formula is C11H12ClN3O2. The number of carbonyl (C=O) groups excluding carboxylic acids is 1. The number of hydrogen-bond donors (Lipinski definition) is 2. The van der Waals surface area contributed by atoms with E-state index < -0.39 is 0 Å². The topological polar surface area (TPSA) is 66.5 Å². The van der Waals surface area contributed by atoms with E-state index >= 15 is 0 Å². The standard InChI is InChI=1S/C11H12ClN3O2/c1-6(2)17-11-8(10(16)14-15-11)5-7-3-4-9(12)13-7/h3-6,13H,1-2H3,(H,14,16). The van der Waals surface area contributed by atoms with E-state index in [2.05, 4.69) is 15.5 Å². The molecule has 17 heavy (non-hydrogen) atoms. The molecule has 0 radical (unpaired) electrons. The number of aromatic nitrogens is 1. The number of amides is 1. The Labute approximate surface area is 103 Å². The van der Waals surface area contributed by atoms with Gasteiger partial charge in [0, 0.05) is 5.69 Å². The molecule has 2 rings (SSSR count). The fraction of sp³-hybridized carbons (Fsp3) is 0.273. The highest BCUT2D eigenvalue weighted by atomic mass is 35.5. The van der Waals surface area contributed by atoms with Gasteiger partial charge in [0.25, 0.3) is 5.91 Å². The van der Waals surface area contributed by atoms with E-state index in [4.69, 9.17) is 16.3 Å². The highest BCUT2D eigenvalue weighted by molar-refractivity contribution is 6.29. The Kier molecular flexibility index (Phi) is 3.19. The van der Waals surface area contributed by atoms with Crippen LogP contribution >= 0.6 is 11.6 Å². The number of halogens is 1. The first kappa shape index (κ1) is 11.7. The maximum atomic E-state index is 11.6. The molecule has 0 unspecified atom stereocenters. The molecule has 0 atom stereocenters. The van der Waals surface area contributed by atoms with Gasteiger partial charge in [-0.15, -0.1) is 5.10 Å². The summed E-state index contributed by atoms with van der Waals surface area (Å²) >= 11 is 5.76. The Bertz CT molecular complexity index is 503. The van der Waals surface area contributed by atoms with Crippen molar-refractivity contribution in [2.45, 2.75) is 20.0 Å². The molecule has 0 fully saturated rings. The van der Waals surface area contributed by atoms with Crippen molar-refractivity contribution in [1.29, 1.82) is 0 Å². The summed E-state index contributed by atoms with van der Waals surface area (Å²) in [5.41, 5.74) is 3.47. The van der Waals surface area contributed by atoms with Gasteiger partial charge in [-0.3, -0.25) is 4.79 Å². The molecule has 1 aromatic heterocycles. The zero-order chi connectivity index (χ0) is 12.4. The minimum Gasteiger partial charge on any atom is -0.473 e. The molecule has 2 heterocycles. The summed E-state index contributed by atoms with van der Waals surface area (Å²) < 4.78 is 5.42. The van der Waals surface area contributed by atoms with Gasteiger partial charge in [0.15, 0.2) is 0 Å². The van der Waals surface area contributed by atoms with Crippen molar-refractivity contribution in [3.05, 3.63) is 28.6 Å². The summed E-state index contributed by atoms with van der Waals surface area (Å²) in [6.45, 7) is 3.74. The molecule has 1 aromatic rings. The Balaban J connectivity index is 2.26. The van der Waals surface area contributed by atoms with Gasteiger partial charge in [-0.05, 0) is 32.1 Å². The maximum absolute atomic E-state index is 11.6. The normalized spacial score (nSPS) is 17.5. The highest BCUT2D eigenvalue weighted by Crippen LogP contribution is 2.15. The number of hydrogen-bond acceptors (Lipinski definition) is 3. The first-order valence-electron chi connectivity index (χ1n) is 5.17. The lowest BCUT2D eigenvalue weighted by atomic mass is 10.2. The molecule has 2 N–H and O–H groups in total. The number of ether oxygens (including phenoxy) is 1. The van der Waals surface area contributed by atoms with Crippen LogP contribution in [0.1, 0.15) is 19.5 Å². The Morgan fingerprint density at radius 3 is 2.82 bits per heavy atom. The molecule has 5 nitrogen and oxygen atoms in total. The average Bonchev–Trinajstić information content (AvgIpc) is 2.78. The van der Waals surface area contributed by atoms with Crippen LogP contribution in [-0.4, -0.2) is 22.9 Å². The first-order valence-corrected chi connectivity index (χ1v) is 5.55. The third-order valence-electron chi connectivity index (χ3n) is 2.05. The molecule has 0 spiro atoms. The van der Waals surface area contributed by atoms with Crippen LogP contribution in [0.3, 0.4) is 0 Å². The number of carbonyl (C=O) groups is 1. The lowest BCUT2D eigenvalue weighted by Crippen LogP contribution is -2.16. The van der Waals surface area contributed by atoms with Crippen LogP contribution in [0.4, 0.5) is 0 Å².